The molecule has 1 heterocycles. The topological polar surface area (TPSA) is 70.1 Å². The van der Waals surface area contributed by atoms with E-state index in [1.54, 1.807) is 7.11 Å². The van der Waals surface area contributed by atoms with Crippen molar-refractivity contribution in [1.82, 2.24) is 9.78 Å². The summed E-state index contributed by atoms with van der Waals surface area (Å²) in [7, 11) is 1.56. The first-order valence-electron chi connectivity index (χ1n) is 5.84. The minimum atomic E-state index is -0.616. The average molecular weight is 342 g/mol. The van der Waals surface area contributed by atoms with Gasteiger partial charge in [0.1, 0.15) is 11.5 Å². The summed E-state index contributed by atoms with van der Waals surface area (Å²) >= 11 is 3.28. The highest BCUT2D eigenvalue weighted by molar-refractivity contribution is 9.10. The van der Waals surface area contributed by atoms with Crippen molar-refractivity contribution in [1.29, 1.82) is 0 Å². The normalized spacial score (nSPS) is 10.8. The number of hydrogen-bond donors (Lipinski definition) is 1. The molecule has 0 bridgehead atoms. The van der Waals surface area contributed by atoms with Gasteiger partial charge in [0.15, 0.2) is 0 Å². The second-order valence-electron chi connectivity index (χ2n) is 4.12. The predicted octanol–water partition coefficient (Wildman–Crippen LogP) is 2.24. The van der Waals surface area contributed by atoms with E-state index >= 15 is 0 Å². The molecule has 20 heavy (non-hydrogen) atoms. The van der Waals surface area contributed by atoms with Gasteiger partial charge in [-0.05, 0) is 34.1 Å². The summed E-state index contributed by atoms with van der Waals surface area (Å²) in [5, 5.41) is 4.09. The lowest BCUT2D eigenvalue weighted by atomic mass is 10.1. The van der Waals surface area contributed by atoms with E-state index in [2.05, 4.69) is 21.0 Å². The Bertz CT molecular complexity index is 643. The van der Waals surface area contributed by atoms with Gasteiger partial charge in [0.05, 0.1) is 29.5 Å². The first-order chi connectivity index (χ1) is 9.54. The van der Waals surface area contributed by atoms with Crippen molar-refractivity contribution in [2.75, 3.05) is 19.5 Å². The van der Waals surface area contributed by atoms with Crippen LogP contribution in [0.5, 0.6) is 0 Å². The van der Waals surface area contributed by atoms with Gasteiger partial charge in [-0.2, -0.15) is 5.10 Å². The number of carbonyl (C=O) groups is 1. The van der Waals surface area contributed by atoms with Gasteiger partial charge < -0.3 is 10.5 Å². The molecule has 106 valence electrons. The minimum absolute atomic E-state index is 0.00788. The molecule has 0 amide bonds. The molecule has 0 saturated heterocycles. The monoisotopic (exact) mass is 341 g/mol. The van der Waals surface area contributed by atoms with Crippen molar-refractivity contribution in [2.24, 2.45) is 0 Å². The maximum atomic E-state index is 13.5. The molecule has 1 aromatic carbocycles. The summed E-state index contributed by atoms with van der Waals surface area (Å²) in [6.45, 7) is 0.852. The highest BCUT2D eigenvalue weighted by Crippen LogP contribution is 2.21. The Labute approximate surface area is 123 Å². The van der Waals surface area contributed by atoms with Gasteiger partial charge in [0, 0.05) is 12.7 Å². The largest absolute Gasteiger partial charge is 0.396 e. The summed E-state index contributed by atoms with van der Waals surface area (Å²) in [6.07, 6.45) is 1.52. The Morgan fingerprint density at radius 3 is 2.95 bits per heavy atom. The molecule has 2 N–H and O–H groups in total. The van der Waals surface area contributed by atoms with Crippen molar-refractivity contribution in [2.45, 2.75) is 6.54 Å². The number of ketones is 1. The van der Waals surface area contributed by atoms with Crippen molar-refractivity contribution >= 4 is 27.4 Å². The summed E-state index contributed by atoms with van der Waals surface area (Å²) in [4.78, 5) is 12.4. The van der Waals surface area contributed by atoms with Crippen LogP contribution < -0.4 is 5.73 Å². The molecular weight excluding hydrogens is 329 g/mol. The van der Waals surface area contributed by atoms with E-state index in [1.165, 1.54) is 23.0 Å². The smallest absolute Gasteiger partial charge is 0.212 e. The van der Waals surface area contributed by atoms with Crippen LogP contribution in [0.2, 0.25) is 0 Å². The van der Waals surface area contributed by atoms with Gasteiger partial charge in [-0.15, -0.1) is 0 Å². The number of carbonyl (C=O) groups excluding carboxylic acids is 1. The highest BCUT2D eigenvalue weighted by Gasteiger charge is 2.19. The van der Waals surface area contributed by atoms with E-state index in [9.17, 15) is 9.18 Å². The van der Waals surface area contributed by atoms with Gasteiger partial charge in [-0.3, -0.25) is 9.48 Å². The van der Waals surface area contributed by atoms with Crippen LogP contribution in [0.25, 0.3) is 0 Å². The SMILES string of the molecule is COCCn1ncc(Br)c1C(=O)c1ccc(N)c(F)c1. The second-order valence-corrected chi connectivity index (χ2v) is 4.98. The number of benzene rings is 1. The molecule has 0 spiro atoms. The lowest BCUT2D eigenvalue weighted by Crippen LogP contribution is -2.15. The number of methoxy groups -OCH3 is 1. The number of nitrogen functional groups attached to an aromatic ring is 1. The minimum Gasteiger partial charge on any atom is -0.396 e. The Kier molecular flexibility index (Phi) is 4.51. The van der Waals surface area contributed by atoms with Gasteiger partial charge in [-0.25, -0.2) is 4.39 Å². The zero-order valence-electron chi connectivity index (χ0n) is 10.8. The van der Waals surface area contributed by atoms with Gasteiger partial charge in [0.25, 0.3) is 0 Å². The Hall–Kier alpha value is -1.73. The zero-order chi connectivity index (χ0) is 14.7. The zero-order valence-corrected chi connectivity index (χ0v) is 12.4. The molecule has 0 unspecified atom stereocenters. The first-order valence-corrected chi connectivity index (χ1v) is 6.64. The highest BCUT2D eigenvalue weighted by atomic mass is 79.9. The fraction of sp³-hybridized carbons (Fsp3) is 0.231. The Morgan fingerprint density at radius 1 is 1.55 bits per heavy atom. The molecular formula is C13H13BrFN3O2. The van der Waals surface area contributed by atoms with E-state index < -0.39 is 5.82 Å². The number of rotatable bonds is 5. The maximum absolute atomic E-state index is 13.5. The van der Waals surface area contributed by atoms with E-state index in [-0.39, 0.29) is 17.0 Å². The number of anilines is 1. The number of aromatic nitrogens is 2. The number of hydrogen-bond acceptors (Lipinski definition) is 4. The number of ether oxygens (including phenoxy) is 1. The molecule has 0 aliphatic rings. The lowest BCUT2D eigenvalue weighted by Gasteiger charge is -2.07. The average Bonchev–Trinajstić information content (AvgIpc) is 2.80. The van der Waals surface area contributed by atoms with Crippen LogP contribution in [-0.4, -0.2) is 29.3 Å². The van der Waals surface area contributed by atoms with Crippen molar-refractivity contribution in [3.8, 4) is 0 Å². The Balaban J connectivity index is 2.37. The fourth-order valence-electron chi connectivity index (χ4n) is 1.74. The fourth-order valence-corrected chi connectivity index (χ4v) is 2.22. The third-order valence-electron chi connectivity index (χ3n) is 2.78. The molecule has 0 aliphatic carbocycles. The first kappa shape index (κ1) is 14.7. The third-order valence-corrected chi connectivity index (χ3v) is 3.36. The molecule has 0 fully saturated rings. The lowest BCUT2D eigenvalue weighted by molar-refractivity contribution is 0.102. The predicted molar refractivity (Wildman–Crippen MR) is 76.0 cm³/mol. The Morgan fingerprint density at radius 2 is 2.30 bits per heavy atom. The second kappa shape index (κ2) is 6.15. The summed E-state index contributed by atoms with van der Waals surface area (Å²) in [5.74, 6) is -0.945. The van der Waals surface area contributed by atoms with Crippen LogP contribution in [0.4, 0.5) is 10.1 Å². The molecule has 2 aromatic rings. The van der Waals surface area contributed by atoms with Crippen LogP contribution in [0.1, 0.15) is 16.1 Å². The van der Waals surface area contributed by atoms with Crippen molar-refractivity contribution in [3.05, 3.63) is 45.9 Å². The number of nitrogens with two attached hydrogens (primary N) is 1. The molecule has 7 heteroatoms. The van der Waals surface area contributed by atoms with Crippen LogP contribution in [0.3, 0.4) is 0 Å². The third kappa shape index (κ3) is 2.88. The standard InChI is InChI=1S/C13H13BrFN3O2/c1-20-5-4-18-12(9(14)7-17-18)13(19)8-2-3-11(16)10(15)6-8/h2-3,6-7H,4-5,16H2,1H3. The van der Waals surface area contributed by atoms with Gasteiger partial charge in [-0.1, -0.05) is 0 Å². The molecule has 0 atom stereocenters. The maximum Gasteiger partial charge on any atom is 0.212 e. The molecule has 5 nitrogen and oxygen atoms in total. The van der Waals surface area contributed by atoms with Gasteiger partial charge in [0.2, 0.25) is 5.78 Å². The number of halogens is 2. The summed E-state index contributed by atoms with van der Waals surface area (Å²) < 4.78 is 20.5. The van der Waals surface area contributed by atoms with Crippen molar-refractivity contribution in [3.63, 3.8) is 0 Å². The van der Waals surface area contributed by atoms with Crippen molar-refractivity contribution < 1.29 is 13.9 Å². The van der Waals surface area contributed by atoms with Crippen LogP contribution >= 0.6 is 15.9 Å². The van der Waals surface area contributed by atoms with Crippen LogP contribution in [0, 0.1) is 5.82 Å². The molecule has 0 saturated carbocycles. The molecule has 1 aromatic heterocycles. The van der Waals surface area contributed by atoms with E-state index in [0.29, 0.717) is 23.3 Å². The van der Waals surface area contributed by atoms with Crippen LogP contribution in [0.15, 0.2) is 28.9 Å². The molecule has 0 aliphatic heterocycles. The van der Waals surface area contributed by atoms with E-state index in [1.807, 2.05) is 0 Å². The molecule has 0 radical (unpaired) electrons. The van der Waals surface area contributed by atoms with Gasteiger partial charge >= 0.3 is 0 Å². The summed E-state index contributed by atoms with van der Waals surface area (Å²) in [6, 6.07) is 3.98. The van der Waals surface area contributed by atoms with Crippen LogP contribution in [-0.2, 0) is 11.3 Å². The quantitative estimate of drug-likeness (QED) is 0.668. The summed E-state index contributed by atoms with van der Waals surface area (Å²) in [5.41, 5.74) is 5.98. The number of nitrogens with zero attached hydrogens (tertiary/aromatic N) is 2. The van der Waals surface area contributed by atoms with E-state index in [0.717, 1.165) is 6.07 Å². The molecule has 2 rings (SSSR count). The van der Waals surface area contributed by atoms with E-state index in [4.69, 9.17) is 10.5 Å².